The number of carbonyl (C=O) groups excluding carboxylic acids is 2. The SMILES string of the molecule is CCC(C)c1ccc(OCC(=O)NNC(=O)c2cccc([N+](=O)[O-])c2)cc1. The molecule has 142 valence electrons. The lowest BCUT2D eigenvalue weighted by Gasteiger charge is -2.11. The van der Waals surface area contributed by atoms with Gasteiger partial charge in [-0.1, -0.05) is 32.0 Å². The Balaban J connectivity index is 1.81. The van der Waals surface area contributed by atoms with Crippen LogP contribution in [0.5, 0.6) is 5.75 Å². The van der Waals surface area contributed by atoms with Crippen LogP contribution in [0, 0.1) is 10.1 Å². The van der Waals surface area contributed by atoms with E-state index in [0.29, 0.717) is 11.7 Å². The second kappa shape index (κ2) is 9.33. The van der Waals surface area contributed by atoms with Crippen LogP contribution in [0.1, 0.15) is 42.1 Å². The van der Waals surface area contributed by atoms with Crippen LogP contribution in [0.4, 0.5) is 5.69 Å². The number of hydrogen-bond acceptors (Lipinski definition) is 5. The van der Waals surface area contributed by atoms with Crippen LogP contribution in [0.2, 0.25) is 0 Å². The van der Waals surface area contributed by atoms with Crippen molar-refractivity contribution in [1.29, 1.82) is 0 Å². The molecule has 2 N–H and O–H groups in total. The zero-order valence-electron chi connectivity index (χ0n) is 15.1. The van der Waals surface area contributed by atoms with Gasteiger partial charge in [0, 0.05) is 17.7 Å². The Morgan fingerprint density at radius 3 is 2.48 bits per heavy atom. The summed E-state index contributed by atoms with van der Waals surface area (Å²) in [5, 5.41) is 10.7. The van der Waals surface area contributed by atoms with Crippen LogP contribution in [0.3, 0.4) is 0 Å². The predicted octanol–water partition coefficient (Wildman–Crippen LogP) is 2.95. The molecule has 0 heterocycles. The van der Waals surface area contributed by atoms with Gasteiger partial charge in [0.2, 0.25) is 0 Å². The normalized spacial score (nSPS) is 11.3. The smallest absolute Gasteiger partial charge is 0.276 e. The standard InChI is InChI=1S/C19H21N3O5/c1-3-13(2)14-7-9-17(10-8-14)27-12-18(23)20-21-19(24)15-5-4-6-16(11-15)22(25)26/h4-11,13H,3,12H2,1-2H3,(H,20,23)(H,21,24). The summed E-state index contributed by atoms with van der Waals surface area (Å²) < 4.78 is 5.37. The quantitative estimate of drug-likeness (QED) is 0.574. The number of ether oxygens (including phenoxy) is 1. The van der Waals surface area contributed by atoms with Crippen LogP contribution in [0.15, 0.2) is 48.5 Å². The van der Waals surface area contributed by atoms with Crippen molar-refractivity contribution in [3.63, 3.8) is 0 Å². The van der Waals surface area contributed by atoms with Gasteiger partial charge in [0.15, 0.2) is 6.61 Å². The minimum absolute atomic E-state index is 0.0612. The van der Waals surface area contributed by atoms with E-state index in [2.05, 4.69) is 24.7 Å². The Labute approximate surface area is 156 Å². The fourth-order valence-corrected chi connectivity index (χ4v) is 2.27. The van der Waals surface area contributed by atoms with Gasteiger partial charge in [-0.25, -0.2) is 0 Å². The van der Waals surface area contributed by atoms with Gasteiger partial charge in [-0.3, -0.25) is 30.6 Å². The summed E-state index contributed by atoms with van der Waals surface area (Å²) in [6, 6.07) is 12.7. The molecule has 27 heavy (non-hydrogen) atoms. The number of hydrazine groups is 1. The maximum absolute atomic E-state index is 11.9. The molecule has 0 radical (unpaired) electrons. The van der Waals surface area contributed by atoms with E-state index in [1.54, 1.807) is 12.1 Å². The minimum atomic E-state index is -0.662. The van der Waals surface area contributed by atoms with Gasteiger partial charge in [-0.05, 0) is 36.1 Å². The summed E-state index contributed by atoms with van der Waals surface area (Å²) in [5.74, 6) is -0.224. The third kappa shape index (κ3) is 5.81. The lowest BCUT2D eigenvalue weighted by Crippen LogP contribution is -2.43. The first-order valence-electron chi connectivity index (χ1n) is 8.47. The van der Waals surface area contributed by atoms with E-state index in [1.165, 1.54) is 23.8 Å². The third-order valence-electron chi connectivity index (χ3n) is 4.07. The van der Waals surface area contributed by atoms with Gasteiger partial charge in [0.1, 0.15) is 5.75 Å². The van der Waals surface area contributed by atoms with Crippen molar-refractivity contribution in [2.45, 2.75) is 26.2 Å². The highest BCUT2D eigenvalue weighted by atomic mass is 16.6. The molecule has 0 aliphatic heterocycles. The number of amides is 2. The van der Waals surface area contributed by atoms with Crippen LogP contribution in [0.25, 0.3) is 0 Å². The molecule has 2 aromatic rings. The van der Waals surface area contributed by atoms with Gasteiger partial charge < -0.3 is 4.74 Å². The highest BCUT2D eigenvalue weighted by Gasteiger charge is 2.12. The highest BCUT2D eigenvalue weighted by molar-refractivity contribution is 5.96. The fourth-order valence-electron chi connectivity index (χ4n) is 2.27. The number of carbonyl (C=O) groups is 2. The molecule has 0 spiro atoms. The average Bonchev–Trinajstić information content (AvgIpc) is 2.70. The molecule has 0 bridgehead atoms. The van der Waals surface area contributed by atoms with Gasteiger partial charge in [-0.15, -0.1) is 0 Å². The van der Waals surface area contributed by atoms with Crippen LogP contribution in [-0.4, -0.2) is 23.3 Å². The number of benzene rings is 2. The molecule has 8 nitrogen and oxygen atoms in total. The average molecular weight is 371 g/mol. The summed E-state index contributed by atoms with van der Waals surface area (Å²) in [7, 11) is 0. The van der Waals surface area contributed by atoms with E-state index in [9.17, 15) is 19.7 Å². The van der Waals surface area contributed by atoms with Crippen molar-refractivity contribution in [3.8, 4) is 5.75 Å². The van der Waals surface area contributed by atoms with Crippen LogP contribution >= 0.6 is 0 Å². The Morgan fingerprint density at radius 2 is 1.85 bits per heavy atom. The number of nitrogens with zero attached hydrogens (tertiary/aromatic N) is 1. The summed E-state index contributed by atoms with van der Waals surface area (Å²) >= 11 is 0. The Morgan fingerprint density at radius 1 is 1.15 bits per heavy atom. The van der Waals surface area contributed by atoms with E-state index in [-0.39, 0.29) is 17.9 Å². The van der Waals surface area contributed by atoms with E-state index < -0.39 is 16.7 Å². The van der Waals surface area contributed by atoms with Crippen molar-refractivity contribution in [1.82, 2.24) is 10.9 Å². The lowest BCUT2D eigenvalue weighted by molar-refractivity contribution is -0.384. The Bertz CT molecular complexity index is 820. The molecular formula is C19H21N3O5. The molecule has 8 heteroatoms. The Kier molecular flexibility index (Phi) is 6.87. The largest absolute Gasteiger partial charge is 0.484 e. The maximum Gasteiger partial charge on any atom is 0.276 e. The van der Waals surface area contributed by atoms with Gasteiger partial charge >= 0.3 is 0 Å². The minimum Gasteiger partial charge on any atom is -0.484 e. The third-order valence-corrected chi connectivity index (χ3v) is 4.07. The van der Waals surface area contributed by atoms with Crippen molar-refractivity contribution >= 4 is 17.5 Å². The summed E-state index contributed by atoms with van der Waals surface area (Å²) in [6.45, 7) is 3.96. The number of hydrogen-bond donors (Lipinski definition) is 2. The van der Waals surface area contributed by atoms with E-state index >= 15 is 0 Å². The molecule has 2 aromatic carbocycles. The maximum atomic E-state index is 11.9. The number of nitro benzene ring substituents is 1. The van der Waals surface area contributed by atoms with E-state index in [4.69, 9.17) is 4.74 Å². The monoisotopic (exact) mass is 371 g/mol. The molecule has 1 atom stereocenters. The van der Waals surface area contributed by atoms with E-state index in [1.807, 2.05) is 12.1 Å². The predicted molar refractivity (Wildman–Crippen MR) is 99.3 cm³/mol. The zero-order chi connectivity index (χ0) is 19.8. The zero-order valence-corrected chi connectivity index (χ0v) is 15.1. The molecule has 0 saturated heterocycles. The molecule has 0 fully saturated rings. The van der Waals surface area contributed by atoms with Crippen LogP contribution in [-0.2, 0) is 4.79 Å². The molecule has 0 aliphatic carbocycles. The second-order valence-corrected chi connectivity index (χ2v) is 5.98. The molecular weight excluding hydrogens is 350 g/mol. The first-order chi connectivity index (χ1) is 12.9. The first-order valence-corrected chi connectivity index (χ1v) is 8.47. The molecule has 2 amide bonds. The van der Waals surface area contributed by atoms with Crippen molar-refractivity contribution < 1.29 is 19.2 Å². The molecule has 0 aromatic heterocycles. The van der Waals surface area contributed by atoms with Crippen molar-refractivity contribution in [3.05, 3.63) is 69.8 Å². The molecule has 1 unspecified atom stereocenters. The summed E-state index contributed by atoms with van der Waals surface area (Å²) in [5.41, 5.74) is 5.44. The van der Waals surface area contributed by atoms with Gasteiger partial charge in [0.05, 0.1) is 4.92 Å². The second-order valence-electron chi connectivity index (χ2n) is 5.98. The Hall–Kier alpha value is -3.42. The number of rotatable bonds is 7. The lowest BCUT2D eigenvalue weighted by atomic mass is 9.99. The van der Waals surface area contributed by atoms with Crippen LogP contribution < -0.4 is 15.6 Å². The molecule has 0 saturated carbocycles. The highest BCUT2D eigenvalue weighted by Crippen LogP contribution is 2.21. The fraction of sp³-hybridized carbons (Fsp3) is 0.263. The molecule has 0 aliphatic rings. The molecule has 2 rings (SSSR count). The number of nitro groups is 1. The number of nitrogens with one attached hydrogen (secondary N) is 2. The van der Waals surface area contributed by atoms with Gasteiger partial charge in [0.25, 0.3) is 17.5 Å². The van der Waals surface area contributed by atoms with Crippen molar-refractivity contribution in [2.75, 3.05) is 6.61 Å². The van der Waals surface area contributed by atoms with E-state index in [0.717, 1.165) is 12.5 Å². The summed E-state index contributed by atoms with van der Waals surface area (Å²) in [6.07, 6.45) is 1.03. The van der Waals surface area contributed by atoms with Crippen molar-refractivity contribution in [2.24, 2.45) is 0 Å². The number of non-ortho nitro benzene ring substituents is 1. The van der Waals surface area contributed by atoms with Gasteiger partial charge in [-0.2, -0.15) is 0 Å². The topological polar surface area (TPSA) is 111 Å². The summed E-state index contributed by atoms with van der Waals surface area (Å²) in [4.78, 5) is 33.9. The first kappa shape index (κ1) is 19.9.